The Kier molecular flexibility index (Phi) is 4.47. The molecular formula is C17H21N3O5. The van der Waals surface area contributed by atoms with Crippen LogP contribution in [0.1, 0.15) is 54.4 Å². The second kappa shape index (κ2) is 6.44. The fourth-order valence-corrected chi connectivity index (χ4v) is 3.08. The largest absolute Gasteiger partial charge is 0.481 e. The van der Waals surface area contributed by atoms with E-state index in [0.717, 1.165) is 0 Å². The lowest BCUT2D eigenvalue weighted by Gasteiger charge is -2.27. The number of aliphatic carboxylic acids is 1. The first-order valence-electron chi connectivity index (χ1n) is 8.20. The van der Waals surface area contributed by atoms with Crippen LogP contribution < -0.4 is 5.32 Å². The van der Waals surface area contributed by atoms with Crippen LogP contribution in [0, 0.1) is 6.92 Å². The summed E-state index contributed by atoms with van der Waals surface area (Å²) < 4.78 is 10.6. The summed E-state index contributed by atoms with van der Waals surface area (Å²) in [5.74, 6) is -1.24. The van der Waals surface area contributed by atoms with Gasteiger partial charge in [-0.1, -0.05) is 19.0 Å². The Morgan fingerprint density at radius 2 is 2.20 bits per heavy atom. The summed E-state index contributed by atoms with van der Waals surface area (Å²) in [6.45, 7) is 6.28. The van der Waals surface area contributed by atoms with Crippen molar-refractivity contribution in [2.75, 3.05) is 13.2 Å². The second-order valence-corrected chi connectivity index (χ2v) is 6.81. The number of pyridine rings is 1. The van der Waals surface area contributed by atoms with E-state index < -0.39 is 11.5 Å². The molecule has 1 unspecified atom stereocenters. The molecule has 3 heterocycles. The van der Waals surface area contributed by atoms with Crippen LogP contribution in [0.4, 0.5) is 0 Å². The summed E-state index contributed by atoms with van der Waals surface area (Å²) in [7, 11) is 0. The summed E-state index contributed by atoms with van der Waals surface area (Å²) in [6, 6.07) is 1.72. The van der Waals surface area contributed by atoms with E-state index in [1.807, 2.05) is 13.8 Å². The number of aryl methyl sites for hydroxylation is 1. The maximum Gasteiger partial charge on any atom is 0.305 e. The van der Waals surface area contributed by atoms with Gasteiger partial charge in [-0.2, -0.15) is 0 Å². The molecular weight excluding hydrogens is 326 g/mol. The van der Waals surface area contributed by atoms with Crippen molar-refractivity contribution >= 4 is 23.0 Å². The molecule has 0 bridgehead atoms. The van der Waals surface area contributed by atoms with E-state index in [2.05, 4.69) is 15.5 Å². The van der Waals surface area contributed by atoms with Gasteiger partial charge < -0.3 is 19.7 Å². The molecule has 0 radical (unpaired) electrons. The van der Waals surface area contributed by atoms with Crippen LogP contribution in [-0.2, 0) is 9.53 Å². The topological polar surface area (TPSA) is 115 Å². The number of nitrogens with zero attached hydrogens (tertiary/aromatic N) is 2. The van der Waals surface area contributed by atoms with E-state index in [-0.39, 0.29) is 24.9 Å². The van der Waals surface area contributed by atoms with Crippen molar-refractivity contribution in [3.05, 3.63) is 23.0 Å². The van der Waals surface area contributed by atoms with Gasteiger partial charge in [0.15, 0.2) is 0 Å². The van der Waals surface area contributed by atoms with Crippen molar-refractivity contribution in [1.29, 1.82) is 0 Å². The highest BCUT2D eigenvalue weighted by molar-refractivity contribution is 6.06. The minimum Gasteiger partial charge on any atom is -0.481 e. The molecule has 1 fully saturated rings. The third-order valence-electron chi connectivity index (χ3n) is 4.44. The Labute approximate surface area is 144 Å². The third kappa shape index (κ3) is 3.34. The number of carbonyl (C=O) groups excluding carboxylic acids is 1. The van der Waals surface area contributed by atoms with E-state index in [1.54, 1.807) is 13.0 Å². The zero-order chi connectivity index (χ0) is 18.2. The number of aromatic nitrogens is 2. The predicted octanol–water partition coefficient (Wildman–Crippen LogP) is 2.02. The van der Waals surface area contributed by atoms with Crippen LogP contribution >= 0.6 is 0 Å². The number of rotatable bonds is 5. The molecule has 3 rings (SSSR count). The monoisotopic (exact) mass is 347 g/mol. The van der Waals surface area contributed by atoms with Crippen molar-refractivity contribution in [3.63, 3.8) is 0 Å². The lowest BCUT2D eigenvalue weighted by atomic mass is 9.93. The molecule has 0 aliphatic carbocycles. The van der Waals surface area contributed by atoms with Crippen LogP contribution in [-0.4, -0.2) is 45.9 Å². The zero-order valence-electron chi connectivity index (χ0n) is 14.5. The van der Waals surface area contributed by atoms with Gasteiger partial charge in [0.05, 0.1) is 35.2 Å². The molecule has 25 heavy (non-hydrogen) atoms. The van der Waals surface area contributed by atoms with Gasteiger partial charge in [0.1, 0.15) is 0 Å². The normalized spacial score (nSPS) is 20.3. The Bertz CT molecular complexity index is 821. The highest BCUT2D eigenvalue weighted by Gasteiger charge is 2.39. The van der Waals surface area contributed by atoms with Gasteiger partial charge >= 0.3 is 5.97 Å². The molecule has 1 amide bonds. The van der Waals surface area contributed by atoms with Gasteiger partial charge in [-0.15, -0.1) is 0 Å². The fraction of sp³-hybridized carbons (Fsp3) is 0.529. The maximum atomic E-state index is 13.0. The summed E-state index contributed by atoms with van der Waals surface area (Å²) in [5.41, 5.74) is 1.08. The van der Waals surface area contributed by atoms with Gasteiger partial charge in [-0.25, -0.2) is 4.98 Å². The van der Waals surface area contributed by atoms with Crippen molar-refractivity contribution in [1.82, 2.24) is 15.5 Å². The predicted molar refractivity (Wildman–Crippen MR) is 88.5 cm³/mol. The molecule has 8 nitrogen and oxygen atoms in total. The minimum absolute atomic E-state index is 0.101. The molecule has 0 spiro atoms. The molecule has 0 aromatic carbocycles. The molecule has 2 aromatic heterocycles. The molecule has 2 aromatic rings. The molecule has 1 aliphatic heterocycles. The lowest BCUT2D eigenvalue weighted by Crippen LogP contribution is -2.50. The highest BCUT2D eigenvalue weighted by atomic mass is 16.5. The van der Waals surface area contributed by atoms with Crippen LogP contribution in [0.3, 0.4) is 0 Å². The number of carboxylic acids is 1. The maximum absolute atomic E-state index is 13.0. The van der Waals surface area contributed by atoms with E-state index in [0.29, 0.717) is 41.1 Å². The zero-order valence-corrected chi connectivity index (χ0v) is 14.5. The molecule has 1 aliphatic rings. The standard InChI is InChI=1S/C17H21N3O5/c1-9(2)12-6-11(14-10(3)20-25-16(14)18-12)15(23)19-17(7-13(21)22)4-5-24-8-17/h6,9H,4-5,7-8H2,1-3H3,(H,19,23)(H,21,22). The summed E-state index contributed by atoms with van der Waals surface area (Å²) >= 11 is 0. The van der Waals surface area contributed by atoms with Gasteiger partial charge in [0.25, 0.3) is 11.6 Å². The Balaban J connectivity index is 2.01. The number of carbonyl (C=O) groups is 2. The molecule has 8 heteroatoms. The van der Waals surface area contributed by atoms with Gasteiger partial charge in [0.2, 0.25) is 0 Å². The second-order valence-electron chi connectivity index (χ2n) is 6.81. The first-order valence-corrected chi connectivity index (χ1v) is 8.20. The van der Waals surface area contributed by atoms with Crippen molar-refractivity contribution in [3.8, 4) is 0 Å². The quantitative estimate of drug-likeness (QED) is 0.850. The number of hydrogen-bond acceptors (Lipinski definition) is 6. The number of nitrogens with one attached hydrogen (secondary N) is 1. The molecule has 2 N–H and O–H groups in total. The number of fused-ring (bicyclic) bond motifs is 1. The van der Waals surface area contributed by atoms with Gasteiger partial charge in [-0.05, 0) is 25.3 Å². The average molecular weight is 347 g/mol. The molecule has 1 atom stereocenters. The number of amides is 1. The SMILES string of the molecule is Cc1noc2nc(C(C)C)cc(C(=O)NC3(CC(=O)O)CCOC3)c12. The Hall–Kier alpha value is -2.48. The van der Waals surface area contributed by atoms with Crippen LogP contribution in [0.5, 0.6) is 0 Å². The van der Waals surface area contributed by atoms with Crippen molar-refractivity contribution in [2.24, 2.45) is 0 Å². The van der Waals surface area contributed by atoms with E-state index in [1.165, 1.54) is 0 Å². The smallest absolute Gasteiger partial charge is 0.305 e. The van der Waals surface area contributed by atoms with Crippen LogP contribution in [0.15, 0.2) is 10.6 Å². The van der Waals surface area contributed by atoms with Crippen LogP contribution in [0.2, 0.25) is 0 Å². The lowest BCUT2D eigenvalue weighted by molar-refractivity contribution is -0.138. The van der Waals surface area contributed by atoms with E-state index in [4.69, 9.17) is 9.26 Å². The first kappa shape index (κ1) is 17.3. The van der Waals surface area contributed by atoms with E-state index in [9.17, 15) is 14.7 Å². The minimum atomic E-state index is -0.977. The Morgan fingerprint density at radius 1 is 1.44 bits per heavy atom. The number of carboxylic acid groups (broad SMARTS) is 1. The van der Waals surface area contributed by atoms with Crippen molar-refractivity contribution < 1.29 is 24.0 Å². The third-order valence-corrected chi connectivity index (χ3v) is 4.44. The summed E-state index contributed by atoms with van der Waals surface area (Å²) in [6.07, 6.45) is 0.269. The van der Waals surface area contributed by atoms with Crippen LogP contribution in [0.25, 0.3) is 11.1 Å². The van der Waals surface area contributed by atoms with Gasteiger partial charge in [-0.3, -0.25) is 9.59 Å². The molecule has 0 saturated carbocycles. The first-order chi connectivity index (χ1) is 11.8. The van der Waals surface area contributed by atoms with E-state index >= 15 is 0 Å². The van der Waals surface area contributed by atoms with Crippen molar-refractivity contribution in [2.45, 2.75) is 45.1 Å². The number of hydrogen-bond donors (Lipinski definition) is 2. The molecule has 1 saturated heterocycles. The highest BCUT2D eigenvalue weighted by Crippen LogP contribution is 2.28. The fourth-order valence-electron chi connectivity index (χ4n) is 3.08. The Morgan fingerprint density at radius 3 is 2.80 bits per heavy atom. The summed E-state index contributed by atoms with van der Waals surface area (Å²) in [4.78, 5) is 28.6. The van der Waals surface area contributed by atoms with Gasteiger partial charge in [0, 0.05) is 12.3 Å². The molecule has 134 valence electrons. The number of ether oxygens (including phenoxy) is 1. The summed E-state index contributed by atoms with van der Waals surface area (Å²) in [5, 5.41) is 16.5. The average Bonchev–Trinajstić information content (AvgIpc) is 3.13.